The van der Waals surface area contributed by atoms with Crippen molar-refractivity contribution in [3.63, 3.8) is 0 Å². The van der Waals surface area contributed by atoms with Crippen molar-refractivity contribution in [2.75, 3.05) is 0 Å². The van der Waals surface area contributed by atoms with Gasteiger partial charge in [0.25, 0.3) is 0 Å². The lowest BCUT2D eigenvalue weighted by Crippen LogP contribution is -2.39. The molecule has 0 aliphatic heterocycles. The molecule has 0 radical (unpaired) electrons. The molecule has 0 bridgehead atoms. The lowest BCUT2D eigenvalue weighted by Gasteiger charge is -2.27. The minimum Gasteiger partial charge on any atom is -0.481 e. The van der Waals surface area contributed by atoms with Gasteiger partial charge in [0.1, 0.15) is 5.82 Å². The highest BCUT2D eigenvalue weighted by Gasteiger charge is 2.30. The first kappa shape index (κ1) is 16.2. The number of halogens is 2. The summed E-state index contributed by atoms with van der Waals surface area (Å²) >= 11 is 5.58. The van der Waals surface area contributed by atoms with Gasteiger partial charge >= 0.3 is 5.97 Å². The third kappa shape index (κ3) is 3.93. The van der Waals surface area contributed by atoms with Crippen LogP contribution in [0.1, 0.15) is 25.7 Å². The van der Waals surface area contributed by atoms with Gasteiger partial charge in [-0.1, -0.05) is 18.0 Å². The Morgan fingerprint density at radius 2 is 2.10 bits per heavy atom. The number of hydrogen-bond donors (Lipinski definition) is 2. The van der Waals surface area contributed by atoms with E-state index in [1.165, 1.54) is 0 Å². The van der Waals surface area contributed by atoms with Crippen LogP contribution in [0.2, 0.25) is 5.02 Å². The summed E-state index contributed by atoms with van der Waals surface area (Å²) < 4.78 is 39.9. The number of carboxylic acids is 1. The molecule has 1 aromatic carbocycles. The topological polar surface area (TPSA) is 83.5 Å². The van der Waals surface area contributed by atoms with Crippen LogP contribution in [0.25, 0.3) is 0 Å². The summed E-state index contributed by atoms with van der Waals surface area (Å²) in [6, 6.07) is 2.71. The van der Waals surface area contributed by atoms with Crippen molar-refractivity contribution >= 4 is 27.6 Å². The fraction of sp³-hybridized carbons (Fsp3) is 0.462. The Hall–Kier alpha value is -1.18. The van der Waals surface area contributed by atoms with E-state index in [0.29, 0.717) is 19.3 Å². The molecule has 1 aliphatic carbocycles. The van der Waals surface area contributed by atoms with Gasteiger partial charge in [-0.25, -0.2) is 17.5 Å². The van der Waals surface area contributed by atoms with E-state index in [0.717, 1.165) is 18.2 Å². The average molecular weight is 336 g/mol. The van der Waals surface area contributed by atoms with E-state index in [-0.39, 0.29) is 16.3 Å². The molecule has 0 saturated heterocycles. The highest BCUT2D eigenvalue weighted by atomic mass is 35.5. The van der Waals surface area contributed by atoms with Crippen LogP contribution < -0.4 is 4.72 Å². The molecule has 21 heavy (non-hydrogen) atoms. The van der Waals surface area contributed by atoms with E-state index < -0.39 is 33.8 Å². The molecule has 2 N–H and O–H groups in total. The summed E-state index contributed by atoms with van der Waals surface area (Å²) in [5, 5.41) is 8.73. The maximum atomic E-state index is 13.1. The Balaban J connectivity index is 2.13. The van der Waals surface area contributed by atoms with Crippen molar-refractivity contribution < 1.29 is 22.7 Å². The molecular weight excluding hydrogens is 321 g/mol. The number of benzene rings is 1. The van der Waals surface area contributed by atoms with Gasteiger partial charge in [-0.2, -0.15) is 0 Å². The zero-order chi connectivity index (χ0) is 15.6. The Labute approximate surface area is 127 Å². The lowest BCUT2D eigenvalue weighted by molar-refractivity contribution is -0.143. The monoisotopic (exact) mass is 335 g/mol. The van der Waals surface area contributed by atoms with E-state index >= 15 is 0 Å². The molecule has 0 heterocycles. The highest BCUT2D eigenvalue weighted by Crippen LogP contribution is 2.26. The second-order valence-corrected chi connectivity index (χ2v) is 7.22. The van der Waals surface area contributed by atoms with Gasteiger partial charge in [-0.05, 0) is 37.5 Å². The maximum absolute atomic E-state index is 13.1. The molecule has 116 valence electrons. The van der Waals surface area contributed by atoms with Crippen molar-refractivity contribution in [2.45, 2.75) is 36.6 Å². The number of rotatable bonds is 4. The summed E-state index contributed by atoms with van der Waals surface area (Å²) in [6.07, 6.45) is 2.03. The molecule has 2 rings (SSSR count). The van der Waals surface area contributed by atoms with Crippen molar-refractivity contribution in [1.82, 2.24) is 4.72 Å². The zero-order valence-corrected chi connectivity index (χ0v) is 12.6. The van der Waals surface area contributed by atoms with E-state index in [1.54, 1.807) is 0 Å². The molecule has 1 aliphatic rings. The smallest absolute Gasteiger partial charge is 0.306 e. The van der Waals surface area contributed by atoms with Crippen molar-refractivity contribution in [3.05, 3.63) is 29.0 Å². The fourth-order valence-electron chi connectivity index (χ4n) is 2.45. The van der Waals surface area contributed by atoms with Gasteiger partial charge in [0.05, 0.1) is 15.8 Å². The third-order valence-electron chi connectivity index (χ3n) is 3.55. The van der Waals surface area contributed by atoms with Gasteiger partial charge in [-0.3, -0.25) is 4.79 Å². The number of carboxylic acid groups (broad SMARTS) is 1. The van der Waals surface area contributed by atoms with E-state index in [9.17, 15) is 17.6 Å². The molecular formula is C13H15ClFNO4S. The summed E-state index contributed by atoms with van der Waals surface area (Å²) in [5.74, 6) is -2.15. The maximum Gasteiger partial charge on any atom is 0.306 e. The third-order valence-corrected chi connectivity index (χ3v) is 5.35. The largest absolute Gasteiger partial charge is 0.481 e. The first-order valence-electron chi connectivity index (χ1n) is 6.50. The van der Waals surface area contributed by atoms with Crippen LogP contribution in [0.3, 0.4) is 0 Å². The molecule has 1 fully saturated rings. The second-order valence-electron chi connectivity index (χ2n) is 5.10. The zero-order valence-electron chi connectivity index (χ0n) is 11.1. The quantitative estimate of drug-likeness (QED) is 0.885. The van der Waals surface area contributed by atoms with Crippen LogP contribution in [0.4, 0.5) is 4.39 Å². The number of hydrogen-bond acceptors (Lipinski definition) is 3. The Bertz CT molecular complexity index is 650. The molecule has 0 amide bonds. The standard InChI is InChI=1S/C13H15ClFNO4S/c14-11-7-10(4-5-12(11)15)21(19,20)16-9-3-1-2-8(6-9)13(17)18/h4-5,7-9,16H,1-3,6H2,(H,17,18). The summed E-state index contributed by atoms with van der Waals surface area (Å²) in [7, 11) is -3.84. The van der Waals surface area contributed by atoms with Crippen LogP contribution in [0.5, 0.6) is 0 Å². The molecule has 1 saturated carbocycles. The van der Waals surface area contributed by atoms with E-state index in [2.05, 4.69) is 4.72 Å². The van der Waals surface area contributed by atoms with Gasteiger partial charge in [0.2, 0.25) is 10.0 Å². The van der Waals surface area contributed by atoms with Crippen molar-refractivity contribution in [1.29, 1.82) is 0 Å². The Kier molecular flexibility index (Phi) is 4.85. The molecule has 5 nitrogen and oxygen atoms in total. The summed E-state index contributed by atoms with van der Waals surface area (Å²) in [5.41, 5.74) is 0. The van der Waals surface area contributed by atoms with E-state index in [4.69, 9.17) is 16.7 Å². The molecule has 1 aromatic rings. The molecule has 2 atom stereocenters. The van der Waals surface area contributed by atoms with Gasteiger partial charge < -0.3 is 5.11 Å². The predicted molar refractivity (Wildman–Crippen MR) is 75.1 cm³/mol. The Morgan fingerprint density at radius 1 is 1.38 bits per heavy atom. The van der Waals surface area contributed by atoms with Gasteiger partial charge in [0, 0.05) is 6.04 Å². The highest BCUT2D eigenvalue weighted by molar-refractivity contribution is 7.89. The number of carbonyl (C=O) groups is 1. The van der Waals surface area contributed by atoms with Crippen molar-refractivity contribution in [3.8, 4) is 0 Å². The van der Waals surface area contributed by atoms with Crippen LogP contribution in [-0.4, -0.2) is 25.5 Å². The van der Waals surface area contributed by atoms with Crippen LogP contribution in [0, 0.1) is 11.7 Å². The fourth-order valence-corrected chi connectivity index (χ4v) is 4.01. The predicted octanol–water partition coefficient (Wildman–Crippen LogP) is 2.40. The lowest BCUT2D eigenvalue weighted by atomic mass is 9.86. The van der Waals surface area contributed by atoms with E-state index in [1.807, 2.05) is 0 Å². The summed E-state index contributed by atoms with van der Waals surface area (Å²) in [6.45, 7) is 0. The van der Waals surface area contributed by atoms with Crippen LogP contribution in [0.15, 0.2) is 23.1 Å². The van der Waals surface area contributed by atoms with Gasteiger partial charge in [0.15, 0.2) is 0 Å². The molecule has 0 spiro atoms. The van der Waals surface area contributed by atoms with Gasteiger partial charge in [-0.15, -0.1) is 0 Å². The minimum absolute atomic E-state index is 0.133. The molecule has 0 aromatic heterocycles. The second kappa shape index (κ2) is 6.29. The number of aliphatic carboxylic acids is 1. The molecule has 2 unspecified atom stereocenters. The first-order chi connectivity index (χ1) is 9.79. The van der Waals surface area contributed by atoms with Crippen LogP contribution >= 0.6 is 11.6 Å². The number of sulfonamides is 1. The molecule has 8 heteroatoms. The minimum atomic E-state index is -3.84. The van der Waals surface area contributed by atoms with Crippen molar-refractivity contribution in [2.24, 2.45) is 5.92 Å². The summed E-state index contributed by atoms with van der Waals surface area (Å²) in [4.78, 5) is 10.8. The number of nitrogens with one attached hydrogen (secondary N) is 1. The first-order valence-corrected chi connectivity index (χ1v) is 8.36. The average Bonchev–Trinajstić information content (AvgIpc) is 2.41. The SMILES string of the molecule is O=C(O)C1CCCC(NS(=O)(=O)c2ccc(F)c(Cl)c2)C1. The Morgan fingerprint density at radius 3 is 2.71 bits per heavy atom. The van der Waals surface area contributed by atoms with Crippen LogP contribution in [-0.2, 0) is 14.8 Å². The normalized spacial score (nSPS) is 23.0.